The minimum absolute atomic E-state index is 0.0721. The lowest BCUT2D eigenvalue weighted by Crippen LogP contribution is -2.43. The summed E-state index contributed by atoms with van der Waals surface area (Å²) in [5.74, 6) is 0.0181. The van der Waals surface area contributed by atoms with Crippen LogP contribution in [0.25, 0.3) is 21.9 Å². The normalized spacial score (nSPS) is 20.7. The third kappa shape index (κ3) is 5.68. The van der Waals surface area contributed by atoms with Gasteiger partial charge in [-0.25, -0.2) is 0 Å². The topological polar surface area (TPSA) is 54.3 Å². The number of piperidine rings is 2. The number of alkyl halides is 3. The zero-order valence-electron chi connectivity index (χ0n) is 23.2. The predicted molar refractivity (Wildman–Crippen MR) is 149 cm³/mol. The van der Waals surface area contributed by atoms with Crippen molar-refractivity contribution >= 4 is 16.6 Å². The molecule has 2 aliphatic heterocycles. The van der Waals surface area contributed by atoms with Crippen LogP contribution in [0.2, 0.25) is 0 Å². The molecular weight excluding hydrogens is 515 g/mol. The number of likely N-dealkylation sites (tertiary alicyclic amines) is 2. The lowest BCUT2D eigenvalue weighted by atomic mass is 9.89. The average Bonchev–Trinajstić information content (AvgIpc) is 3.66. The van der Waals surface area contributed by atoms with Gasteiger partial charge in [0, 0.05) is 55.3 Å². The maximum atomic E-state index is 13.4. The zero-order chi connectivity index (χ0) is 27.9. The van der Waals surface area contributed by atoms with Crippen LogP contribution in [0.5, 0.6) is 0 Å². The summed E-state index contributed by atoms with van der Waals surface area (Å²) in [6.45, 7) is 4.30. The van der Waals surface area contributed by atoms with E-state index in [4.69, 9.17) is 0 Å². The first-order valence-electron chi connectivity index (χ1n) is 14.6. The lowest BCUT2D eigenvalue weighted by molar-refractivity contribution is -0.192. The van der Waals surface area contributed by atoms with Crippen LogP contribution >= 0.6 is 0 Å². The standard InChI is InChI=1S/C31H38F3N5O/c1-37-28(20-38-11-3-2-4-12-38)27(19-36-37)23-5-6-24-18-35-26(16-25(24)15-23)17-29(40)22-7-13-39(14-8-22)21-30(9-10-30)31(32,33)34/h5-6,15-16,18-19,22H,2-4,7-14,17,20-21H2,1H3. The van der Waals surface area contributed by atoms with Gasteiger partial charge in [0.2, 0.25) is 0 Å². The molecule has 6 nitrogen and oxygen atoms in total. The Hall–Kier alpha value is -2.78. The van der Waals surface area contributed by atoms with Crippen molar-refractivity contribution < 1.29 is 18.0 Å². The highest BCUT2D eigenvalue weighted by Crippen LogP contribution is 2.58. The summed E-state index contributed by atoms with van der Waals surface area (Å²) in [7, 11) is 2.00. The second kappa shape index (κ2) is 10.9. The summed E-state index contributed by atoms with van der Waals surface area (Å²) in [6.07, 6.45) is 5.38. The fraction of sp³-hybridized carbons (Fsp3) is 0.581. The molecule has 0 bridgehead atoms. The van der Waals surface area contributed by atoms with Crippen LogP contribution in [0.3, 0.4) is 0 Å². The van der Waals surface area contributed by atoms with Crippen molar-refractivity contribution in [3.05, 3.63) is 48.0 Å². The van der Waals surface area contributed by atoms with Crippen LogP contribution < -0.4 is 0 Å². The van der Waals surface area contributed by atoms with Gasteiger partial charge in [0.05, 0.1) is 17.3 Å². The Bertz CT molecular complexity index is 1370. The van der Waals surface area contributed by atoms with Gasteiger partial charge in [-0.15, -0.1) is 0 Å². The van der Waals surface area contributed by atoms with E-state index in [9.17, 15) is 18.0 Å². The van der Waals surface area contributed by atoms with Crippen molar-refractivity contribution in [1.82, 2.24) is 24.6 Å². The average molecular weight is 554 g/mol. The molecule has 2 aromatic heterocycles. The van der Waals surface area contributed by atoms with Crippen molar-refractivity contribution in [2.75, 3.05) is 32.7 Å². The van der Waals surface area contributed by atoms with E-state index < -0.39 is 11.6 Å². The number of rotatable bonds is 8. The fourth-order valence-corrected chi connectivity index (χ4v) is 6.52. The first-order chi connectivity index (χ1) is 19.2. The summed E-state index contributed by atoms with van der Waals surface area (Å²) in [5, 5.41) is 6.62. The van der Waals surface area contributed by atoms with Crippen molar-refractivity contribution in [3.63, 3.8) is 0 Å². The molecule has 0 spiro atoms. The molecule has 9 heteroatoms. The molecule has 0 N–H and O–H groups in total. The highest BCUT2D eigenvalue weighted by atomic mass is 19.4. The maximum Gasteiger partial charge on any atom is 0.395 e. The Balaban J connectivity index is 1.11. The molecule has 0 radical (unpaired) electrons. The quantitative estimate of drug-likeness (QED) is 0.354. The van der Waals surface area contributed by atoms with Crippen LogP contribution in [0, 0.1) is 11.3 Å². The van der Waals surface area contributed by atoms with Gasteiger partial charge in [0.1, 0.15) is 5.78 Å². The fourth-order valence-electron chi connectivity index (χ4n) is 6.52. The second-order valence-electron chi connectivity index (χ2n) is 12.2. The monoisotopic (exact) mass is 553 g/mol. The molecule has 3 fully saturated rings. The number of fused-ring (bicyclic) bond motifs is 1. The zero-order valence-corrected chi connectivity index (χ0v) is 23.2. The molecular formula is C31H38F3N5O. The van der Waals surface area contributed by atoms with E-state index in [1.807, 2.05) is 35.1 Å². The summed E-state index contributed by atoms with van der Waals surface area (Å²) >= 11 is 0. The van der Waals surface area contributed by atoms with Gasteiger partial charge in [-0.3, -0.25) is 19.4 Å². The molecule has 1 saturated carbocycles. The third-order valence-corrected chi connectivity index (χ3v) is 9.35. The van der Waals surface area contributed by atoms with E-state index in [1.54, 1.807) is 0 Å². The van der Waals surface area contributed by atoms with E-state index >= 15 is 0 Å². The minimum atomic E-state index is -4.13. The summed E-state index contributed by atoms with van der Waals surface area (Å²) in [6, 6.07) is 8.36. The number of Topliss-reactive ketones (excluding diaryl/α,β-unsaturated/α-hetero) is 1. The molecule has 1 aromatic carbocycles. The largest absolute Gasteiger partial charge is 0.395 e. The van der Waals surface area contributed by atoms with Crippen LogP contribution in [0.15, 0.2) is 36.7 Å². The molecule has 0 amide bonds. The van der Waals surface area contributed by atoms with E-state index in [0.29, 0.717) is 25.9 Å². The number of benzene rings is 1. The second-order valence-corrected chi connectivity index (χ2v) is 12.2. The SMILES string of the molecule is Cn1ncc(-c2ccc3cnc(CC(=O)C4CCN(CC5(C(F)(F)F)CC5)CC4)cc3c2)c1CN1CCCCC1. The summed E-state index contributed by atoms with van der Waals surface area (Å²) in [4.78, 5) is 22.1. The number of aryl methyl sites for hydroxylation is 1. The Morgan fingerprint density at radius 2 is 1.73 bits per heavy atom. The third-order valence-electron chi connectivity index (χ3n) is 9.35. The molecule has 6 rings (SSSR count). The van der Waals surface area contributed by atoms with Gasteiger partial charge in [-0.1, -0.05) is 18.6 Å². The van der Waals surface area contributed by atoms with E-state index in [1.165, 1.54) is 25.0 Å². The van der Waals surface area contributed by atoms with E-state index in [-0.39, 0.29) is 37.5 Å². The number of ketones is 1. The van der Waals surface area contributed by atoms with Crippen molar-refractivity contribution in [1.29, 1.82) is 0 Å². The van der Waals surface area contributed by atoms with Crippen LogP contribution in [-0.2, 0) is 24.8 Å². The van der Waals surface area contributed by atoms with E-state index in [0.717, 1.165) is 47.2 Å². The molecule has 0 unspecified atom stereocenters. The maximum absolute atomic E-state index is 13.4. The number of hydrogen-bond donors (Lipinski definition) is 0. The lowest BCUT2D eigenvalue weighted by Gasteiger charge is -2.34. The number of halogens is 3. The summed E-state index contributed by atoms with van der Waals surface area (Å²) < 4.78 is 42.0. The Morgan fingerprint density at radius 3 is 2.42 bits per heavy atom. The van der Waals surface area contributed by atoms with Gasteiger partial charge in [-0.2, -0.15) is 18.3 Å². The van der Waals surface area contributed by atoms with Gasteiger partial charge >= 0.3 is 6.18 Å². The Morgan fingerprint density at radius 1 is 0.975 bits per heavy atom. The Labute approximate surface area is 233 Å². The minimum Gasteiger partial charge on any atom is -0.302 e. The molecule has 2 saturated heterocycles. The number of carbonyl (C=O) groups excluding carboxylic acids is 1. The molecule has 0 atom stereocenters. The number of aromatic nitrogens is 3. The van der Waals surface area contributed by atoms with Crippen LogP contribution in [0.1, 0.15) is 56.3 Å². The Kier molecular flexibility index (Phi) is 7.46. The number of nitrogens with zero attached hydrogens (tertiary/aromatic N) is 5. The van der Waals surface area contributed by atoms with Crippen LogP contribution in [-0.4, -0.2) is 69.2 Å². The van der Waals surface area contributed by atoms with Gasteiger partial charge in [0.25, 0.3) is 0 Å². The van der Waals surface area contributed by atoms with Gasteiger partial charge < -0.3 is 4.90 Å². The van der Waals surface area contributed by atoms with Crippen molar-refractivity contribution in [2.24, 2.45) is 18.4 Å². The molecule has 1 aliphatic carbocycles. The smallest absolute Gasteiger partial charge is 0.302 e. The van der Waals surface area contributed by atoms with Crippen molar-refractivity contribution in [2.45, 2.75) is 64.1 Å². The highest BCUT2D eigenvalue weighted by Gasteiger charge is 2.63. The van der Waals surface area contributed by atoms with Gasteiger partial charge in [0.15, 0.2) is 0 Å². The summed E-state index contributed by atoms with van der Waals surface area (Å²) in [5.41, 5.74) is 2.68. The predicted octanol–water partition coefficient (Wildman–Crippen LogP) is 5.79. The van der Waals surface area contributed by atoms with Crippen molar-refractivity contribution in [3.8, 4) is 11.1 Å². The highest BCUT2D eigenvalue weighted by molar-refractivity contribution is 5.89. The molecule has 3 aliphatic rings. The molecule has 214 valence electrons. The number of hydrogen-bond acceptors (Lipinski definition) is 5. The molecule has 4 heterocycles. The first-order valence-corrected chi connectivity index (χ1v) is 14.6. The molecule has 40 heavy (non-hydrogen) atoms. The number of pyridine rings is 1. The van der Waals surface area contributed by atoms with Crippen LogP contribution in [0.4, 0.5) is 13.2 Å². The molecule has 3 aromatic rings. The first kappa shape index (κ1) is 27.4. The number of carbonyl (C=O) groups is 1. The van der Waals surface area contributed by atoms with E-state index in [2.05, 4.69) is 33.2 Å². The van der Waals surface area contributed by atoms with Gasteiger partial charge in [-0.05, 0) is 87.8 Å².